The van der Waals surface area contributed by atoms with Crippen LogP contribution in [0.1, 0.15) is 24.5 Å². The van der Waals surface area contributed by atoms with Crippen molar-refractivity contribution >= 4 is 17.3 Å². The third-order valence-electron chi connectivity index (χ3n) is 2.29. The minimum atomic E-state index is -0.271. The molecular formula is C11H18N2O2S. The monoisotopic (exact) mass is 242 g/mol. The molecule has 4 nitrogen and oxygen atoms in total. The molecule has 0 saturated carbocycles. The van der Waals surface area contributed by atoms with Crippen LogP contribution in [0.3, 0.4) is 0 Å². The number of ether oxygens (including phenoxy) is 1. The Kier molecular flexibility index (Phi) is 4.89. The fourth-order valence-corrected chi connectivity index (χ4v) is 2.03. The van der Waals surface area contributed by atoms with Gasteiger partial charge < -0.3 is 4.74 Å². The summed E-state index contributed by atoms with van der Waals surface area (Å²) in [6.07, 6.45) is 0. The summed E-state index contributed by atoms with van der Waals surface area (Å²) in [5, 5.41) is 6.20. The molecular weight excluding hydrogens is 224 g/mol. The van der Waals surface area contributed by atoms with Crippen LogP contribution in [0.25, 0.3) is 0 Å². The van der Waals surface area contributed by atoms with Crippen molar-refractivity contribution in [3.63, 3.8) is 0 Å². The number of hydrogen-bond donors (Lipinski definition) is 1. The second-order valence-electron chi connectivity index (χ2n) is 3.98. The SMILES string of the molecule is COC(=O)C(NCc1csc(C)n1)C(C)C. The summed E-state index contributed by atoms with van der Waals surface area (Å²) in [5.41, 5.74) is 0.969. The molecule has 5 heteroatoms. The minimum Gasteiger partial charge on any atom is -0.468 e. The summed E-state index contributed by atoms with van der Waals surface area (Å²) in [4.78, 5) is 15.8. The summed E-state index contributed by atoms with van der Waals surface area (Å²) < 4.78 is 4.75. The van der Waals surface area contributed by atoms with E-state index in [-0.39, 0.29) is 17.9 Å². The molecule has 0 amide bonds. The van der Waals surface area contributed by atoms with Gasteiger partial charge in [0.25, 0.3) is 0 Å². The molecule has 1 heterocycles. The zero-order chi connectivity index (χ0) is 12.1. The molecule has 0 fully saturated rings. The highest BCUT2D eigenvalue weighted by Gasteiger charge is 2.22. The van der Waals surface area contributed by atoms with E-state index in [0.717, 1.165) is 10.7 Å². The van der Waals surface area contributed by atoms with Crippen molar-refractivity contribution in [2.24, 2.45) is 5.92 Å². The van der Waals surface area contributed by atoms with Crippen LogP contribution in [0.4, 0.5) is 0 Å². The van der Waals surface area contributed by atoms with Crippen molar-refractivity contribution in [3.05, 3.63) is 16.1 Å². The normalized spacial score (nSPS) is 12.8. The Hall–Kier alpha value is -0.940. The first-order valence-corrected chi connectivity index (χ1v) is 6.14. The number of carbonyl (C=O) groups is 1. The standard InChI is InChI=1S/C11H18N2O2S/c1-7(2)10(11(14)15-4)12-5-9-6-16-8(3)13-9/h6-7,10,12H,5H2,1-4H3. The summed E-state index contributed by atoms with van der Waals surface area (Å²) >= 11 is 1.61. The molecule has 1 atom stereocenters. The van der Waals surface area contributed by atoms with E-state index in [4.69, 9.17) is 4.74 Å². The Morgan fingerprint density at radius 3 is 2.75 bits per heavy atom. The maximum Gasteiger partial charge on any atom is 0.323 e. The Labute approximate surface area is 100 Å². The maximum absolute atomic E-state index is 11.5. The van der Waals surface area contributed by atoms with Gasteiger partial charge >= 0.3 is 5.97 Å². The number of thiazole rings is 1. The van der Waals surface area contributed by atoms with Crippen LogP contribution in [0.5, 0.6) is 0 Å². The van der Waals surface area contributed by atoms with Gasteiger partial charge in [0.05, 0.1) is 17.8 Å². The van der Waals surface area contributed by atoms with Gasteiger partial charge in [0, 0.05) is 11.9 Å². The Bertz CT molecular complexity index is 350. The summed E-state index contributed by atoms with van der Waals surface area (Å²) in [6, 6.07) is -0.271. The molecule has 90 valence electrons. The van der Waals surface area contributed by atoms with Gasteiger partial charge in [-0.3, -0.25) is 10.1 Å². The van der Waals surface area contributed by atoms with Crippen molar-refractivity contribution in [3.8, 4) is 0 Å². The minimum absolute atomic E-state index is 0.201. The first kappa shape index (κ1) is 13.1. The van der Waals surface area contributed by atoms with Crippen molar-refractivity contribution in [2.45, 2.75) is 33.4 Å². The van der Waals surface area contributed by atoms with Crippen molar-refractivity contribution < 1.29 is 9.53 Å². The molecule has 1 aromatic heterocycles. The lowest BCUT2D eigenvalue weighted by Crippen LogP contribution is -2.41. The third kappa shape index (κ3) is 3.57. The molecule has 0 saturated heterocycles. The highest BCUT2D eigenvalue weighted by atomic mass is 32.1. The average molecular weight is 242 g/mol. The van der Waals surface area contributed by atoms with Crippen LogP contribution < -0.4 is 5.32 Å². The van der Waals surface area contributed by atoms with E-state index >= 15 is 0 Å². The Morgan fingerprint density at radius 1 is 1.62 bits per heavy atom. The van der Waals surface area contributed by atoms with Crippen molar-refractivity contribution in [1.82, 2.24) is 10.3 Å². The van der Waals surface area contributed by atoms with Crippen LogP contribution in [0.2, 0.25) is 0 Å². The molecule has 1 N–H and O–H groups in total. The van der Waals surface area contributed by atoms with E-state index in [0.29, 0.717) is 6.54 Å². The smallest absolute Gasteiger partial charge is 0.323 e. The van der Waals surface area contributed by atoms with Crippen LogP contribution >= 0.6 is 11.3 Å². The number of rotatable bonds is 5. The Balaban J connectivity index is 2.53. The molecule has 0 bridgehead atoms. The molecule has 0 aliphatic heterocycles. The first-order valence-electron chi connectivity index (χ1n) is 5.26. The molecule has 0 spiro atoms. The molecule has 1 aromatic rings. The second-order valence-corrected chi connectivity index (χ2v) is 5.05. The van der Waals surface area contributed by atoms with E-state index in [1.54, 1.807) is 11.3 Å². The molecule has 0 aliphatic carbocycles. The summed E-state index contributed by atoms with van der Waals surface area (Å²) in [7, 11) is 1.41. The topological polar surface area (TPSA) is 51.2 Å². The van der Waals surface area contributed by atoms with Gasteiger partial charge in [-0.15, -0.1) is 11.3 Å². The summed E-state index contributed by atoms with van der Waals surface area (Å²) in [6.45, 7) is 6.54. The fourth-order valence-electron chi connectivity index (χ4n) is 1.42. The lowest BCUT2D eigenvalue weighted by atomic mass is 10.0. The van der Waals surface area contributed by atoms with E-state index in [1.165, 1.54) is 7.11 Å². The van der Waals surface area contributed by atoms with Crippen LogP contribution in [-0.2, 0) is 16.1 Å². The number of aryl methyl sites for hydroxylation is 1. The highest BCUT2D eigenvalue weighted by molar-refractivity contribution is 7.09. The largest absolute Gasteiger partial charge is 0.468 e. The number of methoxy groups -OCH3 is 1. The van der Waals surface area contributed by atoms with Gasteiger partial charge in [0.1, 0.15) is 6.04 Å². The molecule has 1 rings (SSSR count). The van der Waals surface area contributed by atoms with E-state index in [9.17, 15) is 4.79 Å². The average Bonchev–Trinajstić information content (AvgIpc) is 2.63. The van der Waals surface area contributed by atoms with E-state index in [1.807, 2.05) is 26.2 Å². The number of nitrogens with one attached hydrogen (secondary N) is 1. The van der Waals surface area contributed by atoms with Crippen LogP contribution in [0, 0.1) is 12.8 Å². The first-order chi connectivity index (χ1) is 7.54. The number of aromatic nitrogens is 1. The van der Waals surface area contributed by atoms with E-state index < -0.39 is 0 Å². The predicted molar refractivity (Wildman–Crippen MR) is 64.3 cm³/mol. The number of hydrogen-bond acceptors (Lipinski definition) is 5. The molecule has 0 aromatic carbocycles. The molecule has 0 radical (unpaired) electrons. The summed E-state index contributed by atoms with van der Waals surface area (Å²) in [5.74, 6) is -0.0193. The van der Waals surface area contributed by atoms with Gasteiger partial charge in [-0.25, -0.2) is 4.98 Å². The molecule has 16 heavy (non-hydrogen) atoms. The van der Waals surface area contributed by atoms with Gasteiger partial charge in [-0.05, 0) is 12.8 Å². The quantitative estimate of drug-likeness (QED) is 0.799. The van der Waals surface area contributed by atoms with E-state index in [2.05, 4.69) is 10.3 Å². The van der Waals surface area contributed by atoms with Gasteiger partial charge in [0.2, 0.25) is 0 Å². The van der Waals surface area contributed by atoms with Gasteiger partial charge in [-0.1, -0.05) is 13.8 Å². The predicted octanol–water partition coefficient (Wildman–Crippen LogP) is 1.74. The van der Waals surface area contributed by atoms with Gasteiger partial charge in [0.15, 0.2) is 0 Å². The lowest BCUT2D eigenvalue weighted by Gasteiger charge is -2.19. The highest BCUT2D eigenvalue weighted by Crippen LogP contribution is 2.09. The Morgan fingerprint density at radius 2 is 2.31 bits per heavy atom. The van der Waals surface area contributed by atoms with Crippen molar-refractivity contribution in [2.75, 3.05) is 7.11 Å². The molecule has 1 unspecified atom stereocenters. The second kappa shape index (κ2) is 5.96. The fraction of sp³-hybridized carbons (Fsp3) is 0.636. The maximum atomic E-state index is 11.5. The number of carbonyl (C=O) groups excluding carboxylic acids is 1. The van der Waals surface area contributed by atoms with Crippen LogP contribution in [0.15, 0.2) is 5.38 Å². The van der Waals surface area contributed by atoms with Crippen molar-refractivity contribution in [1.29, 1.82) is 0 Å². The van der Waals surface area contributed by atoms with Crippen LogP contribution in [-0.4, -0.2) is 24.1 Å². The number of esters is 1. The molecule has 0 aliphatic rings. The zero-order valence-corrected chi connectivity index (χ0v) is 10.9. The van der Waals surface area contributed by atoms with Gasteiger partial charge in [-0.2, -0.15) is 0 Å². The third-order valence-corrected chi connectivity index (χ3v) is 3.11. The number of nitrogens with zero attached hydrogens (tertiary/aromatic N) is 1. The lowest BCUT2D eigenvalue weighted by molar-refractivity contribution is -0.144. The zero-order valence-electron chi connectivity index (χ0n) is 10.1.